The Hall–Kier alpha value is -0.730. The van der Waals surface area contributed by atoms with Crippen LogP contribution in [-0.4, -0.2) is 18.6 Å². The lowest BCUT2D eigenvalue weighted by Gasteiger charge is -2.24. The zero-order valence-electron chi connectivity index (χ0n) is 11.3. The zero-order chi connectivity index (χ0) is 13.1. The topological polar surface area (TPSA) is 29.3 Å². The van der Waals surface area contributed by atoms with Gasteiger partial charge in [0.1, 0.15) is 0 Å². The van der Waals surface area contributed by atoms with E-state index in [0.717, 1.165) is 24.4 Å². The van der Waals surface area contributed by atoms with Gasteiger partial charge in [-0.2, -0.15) is 0 Å². The van der Waals surface area contributed by atoms with E-state index in [0.29, 0.717) is 6.04 Å². The molecule has 3 heteroatoms. The summed E-state index contributed by atoms with van der Waals surface area (Å²) in [6.45, 7) is 5.33. The van der Waals surface area contributed by atoms with Gasteiger partial charge in [0.15, 0.2) is 0 Å². The van der Waals surface area contributed by atoms with E-state index >= 15 is 0 Å². The normalized spacial score (nSPS) is 16.7. The number of hydrogen-bond donors (Lipinski definition) is 1. The smallest absolute Gasteiger partial charge is 0.0642 e. The second-order valence-corrected chi connectivity index (χ2v) is 5.58. The van der Waals surface area contributed by atoms with Crippen LogP contribution < -0.4 is 10.6 Å². The van der Waals surface area contributed by atoms with Crippen LogP contribution in [0.15, 0.2) is 18.2 Å². The molecule has 100 valence electrons. The Bertz CT molecular complexity index is 401. The first kappa shape index (κ1) is 13.7. The summed E-state index contributed by atoms with van der Waals surface area (Å²) in [6, 6.07) is 7.34. The van der Waals surface area contributed by atoms with E-state index < -0.39 is 0 Å². The highest BCUT2D eigenvalue weighted by atomic mass is 35.5. The lowest BCUT2D eigenvalue weighted by molar-refractivity contribution is 0.646. The summed E-state index contributed by atoms with van der Waals surface area (Å²) in [5.74, 6) is 0. The average Bonchev–Trinajstić information content (AvgIpc) is 3.17. The summed E-state index contributed by atoms with van der Waals surface area (Å²) in [6.07, 6.45) is 4.51. The standard InChI is InChI=1S/C15H23ClN2/c1-3-12(17)9-11-5-8-15(14(16)10-11)18(4-2)13-6-7-13/h5,8,10,12-13H,3-4,6-7,9,17H2,1-2H3. The third-order valence-electron chi connectivity index (χ3n) is 3.67. The van der Waals surface area contributed by atoms with Gasteiger partial charge in [-0.1, -0.05) is 24.6 Å². The Balaban J connectivity index is 2.13. The molecule has 1 atom stereocenters. The van der Waals surface area contributed by atoms with Crippen molar-refractivity contribution < 1.29 is 0 Å². The number of rotatable bonds is 6. The van der Waals surface area contributed by atoms with Crippen LogP contribution in [-0.2, 0) is 6.42 Å². The minimum atomic E-state index is 0.234. The molecule has 0 aromatic heterocycles. The fraction of sp³-hybridized carbons (Fsp3) is 0.600. The Morgan fingerprint density at radius 3 is 2.61 bits per heavy atom. The van der Waals surface area contributed by atoms with Gasteiger partial charge in [0.05, 0.1) is 10.7 Å². The molecular formula is C15H23ClN2. The van der Waals surface area contributed by atoms with Crippen molar-refractivity contribution in [2.75, 3.05) is 11.4 Å². The molecule has 2 rings (SSSR count). The van der Waals surface area contributed by atoms with Crippen molar-refractivity contribution in [2.24, 2.45) is 5.73 Å². The molecule has 1 unspecified atom stereocenters. The van der Waals surface area contributed by atoms with Crippen LogP contribution in [0.25, 0.3) is 0 Å². The minimum Gasteiger partial charge on any atom is -0.368 e. The molecule has 0 saturated heterocycles. The molecule has 1 fully saturated rings. The minimum absolute atomic E-state index is 0.234. The van der Waals surface area contributed by atoms with E-state index in [1.54, 1.807) is 0 Å². The molecule has 1 aromatic rings. The molecule has 1 saturated carbocycles. The Morgan fingerprint density at radius 2 is 2.11 bits per heavy atom. The van der Waals surface area contributed by atoms with Gasteiger partial charge in [-0.25, -0.2) is 0 Å². The van der Waals surface area contributed by atoms with Gasteiger partial charge < -0.3 is 10.6 Å². The van der Waals surface area contributed by atoms with Crippen LogP contribution in [0.1, 0.15) is 38.7 Å². The van der Waals surface area contributed by atoms with Gasteiger partial charge in [0.2, 0.25) is 0 Å². The van der Waals surface area contributed by atoms with Gasteiger partial charge in [-0.05, 0) is 50.3 Å². The fourth-order valence-electron chi connectivity index (χ4n) is 2.37. The van der Waals surface area contributed by atoms with Crippen molar-refractivity contribution >= 4 is 17.3 Å². The molecule has 0 spiro atoms. The molecule has 1 aliphatic carbocycles. The van der Waals surface area contributed by atoms with Gasteiger partial charge in [-0.15, -0.1) is 0 Å². The summed E-state index contributed by atoms with van der Waals surface area (Å²) >= 11 is 6.42. The van der Waals surface area contributed by atoms with E-state index in [2.05, 4.69) is 36.9 Å². The molecule has 0 amide bonds. The first-order valence-corrected chi connectivity index (χ1v) is 7.34. The molecular weight excluding hydrogens is 244 g/mol. The van der Waals surface area contributed by atoms with Crippen molar-refractivity contribution in [1.29, 1.82) is 0 Å². The SMILES string of the molecule is CCC(N)Cc1ccc(N(CC)C2CC2)c(Cl)c1. The van der Waals surface area contributed by atoms with Crippen molar-refractivity contribution in [1.82, 2.24) is 0 Å². The first-order valence-electron chi connectivity index (χ1n) is 6.96. The summed E-state index contributed by atoms with van der Waals surface area (Å²) in [4.78, 5) is 2.41. The molecule has 2 nitrogen and oxygen atoms in total. The van der Waals surface area contributed by atoms with Crippen LogP contribution in [0.5, 0.6) is 0 Å². The second kappa shape index (κ2) is 5.94. The lowest BCUT2D eigenvalue weighted by Crippen LogP contribution is -2.25. The second-order valence-electron chi connectivity index (χ2n) is 5.18. The van der Waals surface area contributed by atoms with Gasteiger partial charge in [-0.3, -0.25) is 0 Å². The number of hydrogen-bond acceptors (Lipinski definition) is 2. The van der Waals surface area contributed by atoms with Crippen LogP contribution in [0, 0.1) is 0 Å². The van der Waals surface area contributed by atoms with Crippen LogP contribution in [0.2, 0.25) is 5.02 Å². The molecule has 0 heterocycles. The van der Waals surface area contributed by atoms with E-state index in [1.807, 2.05) is 0 Å². The monoisotopic (exact) mass is 266 g/mol. The molecule has 1 aromatic carbocycles. The van der Waals surface area contributed by atoms with Crippen molar-refractivity contribution in [3.05, 3.63) is 28.8 Å². The predicted molar refractivity (Wildman–Crippen MR) is 79.5 cm³/mol. The Morgan fingerprint density at radius 1 is 1.39 bits per heavy atom. The predicted octanol–water partition coefficient (Wildman–Crippen LogP) is 3.61. The Kier molecular flexibility index (Phi) is 4.52. The average molecular weight is 267 g/mol. The van der Waals surface area contributed by atoms with Gasteiger partial charge in [0.25, 0.3) is 0 Å². The van der Waals surface area contributed by atoms with Gasteiger partial charge >= 0.3 is 0 Å². The third kappa shape index (κ3) is 3.18. The van der Waals surface area contributed by atoms with Crippen molar-refractivity contribution in [2.45, 2.75) is 51.6 Å². The third-order valence-corrected chi connectivity index (χ3v) is 3.97. The van der Waals surface area contributed by atoms with Crippen molar-refractivity contribution in [3.8, 4) is 0 Å². The van der Waals surface area contributed by atoms with E-state index in [1.165, 1.54) is 24.1 Å². The number of halogens is 1. The van der Waals surface area contributed by atoms with E-state index in [9.17, 15) is 0 Å². The number of nitrogens with two attached hydrogens (primary N) is 1. The van der Waals surface area contributed by atoms with E-state index in [4.69, 9.17) is 17.3 Å². The van der Waals surface area contributed by atoms with Crippen LogP contribution >= 0.6 is 11.6 Å². The number of benzene rings is 1. The molecule has 1 aliphatic rings. The summed E-state index contributed by atoms with van der Waals surface area (Å²) in [5.41, 5.74) is 8.40. The highest BCUT2D eigenvalue weighted by Gasteiger charge is 2.29. The molecule has 0 aliphatic heterocycles. The zero-order valence-corrected chi connectivity index (χ0v) is 12.1. The maximum absolute atomic E-state index is 6.42. The fourth-order valence-corrected chi connectivity index (χ4v) is 2.68. The van der Waals surface area contributed by atoms with Crippen LogP contribution in [0.4, 0.5) is 5.69 Å². The number of anilines is 1. The molecule has 0 radical (unpaired) electrons. The largest absolute Gasteiger partial charge is 0.368 e. The summed E-state index contributed by atoms with van der Waals surface area (Å²) < 4.78 is 0. The maximum atomic E-state index is 6.42. The quantitative estimate of drug-likeness (QED) is 0.852. The highest BCUT2D eigenvalue weighted by molar-refractivity contribution is 6.33. The van der Waals surface area contributed by atoms with Crippen LogP contribution in [0.3, 0.4) is 0 Å². The Labute approximate surface area is 115 Å². The molecule has 2 N–H and O–H groups in total. The maximum Gasteiger partial charge on any atom is 0.0642 e. The lowest BCUT2D eigenvalue weighted by atomic mass is 10.0. The first-order chi connectivity index (χ1) is 8.65. The molecule has 18 heavy (non-hydrogen) atoms. The summed E-state index contributed by atoms with van der Waals surface area (Å²) in [7, 11) is 0. The number of nitrogens with zero attached hydrogens (tertiary/aromatic N) is 1. The van der Waals surface area contributed by atoms with Gasteiger partial charge in [0, 0.05) is 18.6 Å². The molecule has 0 bridgehead atoms. The summed E-state index contributed by atoms with van der Waals surface area (Å²) in [5, 5.41) is 0.865. The van der Waals surface area contributed by atoms with Crippen molar-refractivity contribution in [3.63, 3.8) is 0 Å². The highest BCUT2D eigenvalue weighted by Crippen LogP contribution is 2.35. The van der Waals surface area contributed by atoms with E-state index in [-0.39, 0.29) is 6.04 Å².